The molecule has 0 amide bonds. The molecule has 1 heterocycles. The topological polar surface area (TPSA) is 38.5 Å². The van der Waals surface area contributed by atoms with Crippen molar-refractivity contribution >= 4 is 0 Å². The first-order valence-corrected chi connectivity index (χ1v) is 6.30. The van der Waals surface area contributed by atoms with Gasteiger partial charge in [0.1, 0.15) is 0 Å². The van der Waals surface area contributed by atoms with Crippen molar-refractivity contribution in [1.29, 1.82) is 0 Å². The third-order valence-corrected chi connectivity index (χ3v) is 3.03. The van der Waals surface area contributed by atoms with Gasteiger partial charge >= 0.3 is 0 Å². The van der Waals surface area contributed by atoms with Crippen molar-refractivity contribution in [2.45, 2.75) is 19.4 Å². The van der Waals surface area contributed by atoms with Crippen molar-refractivity contribution in [1.82, 2.24) is 4.90 Å². The van der Waals surface area contributed by atoms with Crippen LogP contribution in [0.5, 0.6) is 0 Å². The molecule has 1 aliphatic heterocycles. The maximum atomic E-state index is 5.72. The van der Waals surface area contributed by atoms with E-state index in [1.54, 1.807) is 0 Å². The van der Waals surface area contributed by atoms with Crippen LogP contribution in [0.2, 0.25) is 0 Å². The highest BCUT2D eigenvalue weighted by Crippen LogP contribution is 2.17. The molecule has 0 aromatic rings. The SMILES string of the molecule is C=CC(=CC=CC)C(CCN)N1CCOCC1. The summed E-state index contributed by atoms with van der Waals surface area (Å²) in [5.41, 5.74) is 6.97. The number of nitrogens with two attached hydrogens (primary N) is 1. The van der Waals surface area contributed by atoms with E-state index in [9.17, 15) is 0 Å². The Bertz CT molecular complexity index is 278. The second kappa shape index (κ2) is 8.23. The molecule has 1 saturated heterocycles. The first-order chi connectivity index (χ1) is 8.33. The van der Waals surface area contributed by atoms with Gasteiger partial charge in [-0.05, 0) is 25.5 Å². The van der Waals surface area contributed by atoms with Crippen LogP contribution in [-0.2, 0) is 4.74 Å². The summed E-state index contributed by atoms with van der Waals surface area (Å²) in [7, 11) is 0. The molecule has 1 aliphatic rings. The molecule has 1 rings (SSSR count). The molecule has 0 spiro atoms. The van der Waals surface area contributed by atoms with Gasteiger partial charge in [-0.2, -0.15) is 0 Å². The summed E-state index contributed by atoms with van der Waals surface area (Å²) in [6, 6.07) is 0.373. The minimum atomic E-state index is 0.373. The Hall–Kier alpha value is -0.900. The third-order valence-electron chi connectivity index (χ3n) is 3.03. The molecule has 3 heteroatoms. The lowest BCUT2D eigenvalue weighted by atomic mass is 10.0. The molecule has 1 unspecified atom stereocenters. The number of rotatable bonds is 6. The lowest BCUT2D eigenvalue weighted by Crippen LogP contribution is -2.45. The molecule has 0 aromatic carbocycles. The predicted molar refractivity (Wildman–Crippen MR) is 72.9 cm³/mol. The number of nitrogens with zero attached hydrogens (tertiary/aromatic N) is 1. The third kappa shape index (κ3) is 4.46. The molecule has 0 radical (unpaired) electrons. The highest BCUT2D eigenvalue weighted by molar-refractivity contribution is 5.27. The van der Waals surface area contributed by atoms with Gasteiger partial charge in [-0.15, -0.1) is 0 Å². The summed E-state index contributed by atoms with van der Waals surface area (Å²) in [6.45, 7) is 10.2. The van der Waals surface area contributed by atoms with Crippen molar-refractivity contribution in [3.8, 4) is 0 Å². The van der Waals surface area contributed by atoms with Gasteiger partial charge in [0.15, 0.2) is 0 Å². The second-order valence-corrected chi connectivity index (χ2v) is 4.14. The minimum absolute atomic E-state index is 0.373. The molecule has 0 aromatic heterocycles. The first kappa shape index (κ1) is 14.2. The summed E-state index contributed by atoms with van der Waals surface area (Å²) >= 11 is 0. The first-order valence-electron chi connectivity index (χ1n) is 6.30. The highest BCUT2D eigenvalue weighted by Gasteiger charge is 2.21. The fourth-order valence-corrected chi connectivity index (χ4v) is 2.13. The maximum Gasteiger partial charge on any atom is 0.0594 e. The van der Waals surface area contributed by atoms with Crippen LogP contribution in [0.15, 0.2) is 36.5 Å². The average Bonchev–Trinajstić information content (AvgIpc) is 2.39. The largest absolute Gasteiger partial charge is 0.379 e. The highest BCUT2D eigenvalue weighted by atomic mass is 16.5. The van der Waals surface area contributed by atoms with E-state index in [4.69, 9.17) is 10.5 Å². The zero-order valence-corrected chi connectivity index (χ0v) is 10.8. The molecule has 17 heavy (non-hydrogen) atoms. The Labute approximate surface area is 105 Å². The van der Waals surface area contributed by atoms with E-state index in [0.29, 0.717) is 12.6 Å². The second-order valence-electron chi connectivity index (χ2n) is 4.14. The number of hydrogen-bond acceptors (Lipinski definition) is 3. The van der Waals surface area contributed by atoms with Gasteiger partial charge in [0.25, 0.3) is 0 Å². The van der Waals surface area contributed by atoms with E-state index < -0.39 is 0 Å². The molecule has 96 valence electrons. The lowest BCUT2D eigenvalue weighted by Gasteiger charge is -2.35. The maximum absolute atomic E-state index is 5.72. The van der Waals surface area contributed by atoms with Crippen LogP contribution in [0.25, 0.3) is 0 Å². The molecule has 1 atom stereocenters. The number of hydrogen-bond donors (Lipinski definition) is 1. The van der Waals surface area contributed by atoms with E-state index in [2.05, 4.69) is 23.6 Å². The van der Waals surface area contributed by atoms with E-state index in [0.717, 1.165) is 32.7 Å². The Morgan fingerprint density at radius 1 is 1.47 bits per heavy atom. The zero-order chi connectivity index (χ0) is 12.5. The molecular formula is C14H24N2O. The van der Waals surface area contributed by atoms with Crippen LogP contribution < -0.4 is 5.73 Å². The number of allylic oxidation sites excluding steroid dienone is 3. The van der Waals surface area contributed by atoms with Crippen LogP contribution in [-0.4, -0.2) is 43.8 Å². The molecule has 3 nitrogen and oxygen atoms in total. The van der Waals surface area contributed by atoms with Crippen molar-refractivity contribution in [3.63, 3.8) is 0 Å². The van der Waals surface area contributed by atoms with Crippen LogP contribution in [0, 0.1) is 0 Å². The number of ether oxygens (including phenoxy) is 1. The summed E-state index contributed by atoms with van der Waals surface area (Å²) in [6.07, 6.45) is 9.12. The van der Waals surface area contributed by atoms with Gasteiger partial charge in [-0.3, -0.25) is 4.90 Å². The van der Waals surface area contributed by atoms with Crippen LogP contribution in [0.4, 0.5) is 0 Å². The Balaban J connectivity index is 2.77. The number of morpholine rings is 1. The fourth-order valence-electron chi connectivity index (χ4n) is 2.13. The molecule has 2 N–H and O–H groups in total. The molecule has 0 aliphatic carbocycles. The summed E-state index contributed by atoms with van der Waals surface area (Å²) in [5.74, 6) is 0. The molecular weight excluding hydrogens is 212 g/mol. The zero-order valence-electron chi connectivity index (χ0n) is 10.8. The van der Waals surface area contributed by atoms with Crippen LogP contribution in [0.3, 0.4) is 0 Å². The molecule has 1 fully saturated rings. The average molecular weight is 236 g/mol. The summed E-state index contributed by atoms with van der Waals surface area (Å²) in [4.78, 5) is 2.44. The van der Waals surface area contributed by atoms with Crippen molar-refractivity contribution in [2.24, 2.45) is 5.73 Å². The van der Waals surface area contributed by atoms with Gasteiger partial charge in [0.2, 0.25) is 0 Å². The smallest absolute Gasteiger partial charge is 0.0594 e. The fraction of sp³-hybridized carbons (Fsp3) is 0.571. The van der Waals surface area contributed by atoms with Gasteiger partial charge < -0.3 is 10.5 Å². The van der Waals surface area contributed by atoms with Crippen LogP contribution in [0.1, 0.15) is 13.3 Å². The van der Waals surface area contributed by atoms with E-state index in [1.165, 1.54) is 5.57 Å². The monoisotopic (exact) mass is 236 g/mol. The van der Waals surface area contributed by atoms with Crippen molar-refractivity contribution in [2.75, 3.05) is 32.8 Å². The van der Waals surface area contributed by atoms with Gasteiger partial charge in [-0.1, -0.05) is 30.9 Å². The van der Waals surface area contributed by atoms with Crippen molar-refractivity contribution < 1.29 is 4.74 Å². The van der Waals surface area contributed by atoms with Crippen molar-refractivity contribution in [3.05, 3.63) is 36.5 Å². The lowest BCUT2D eigenvalue weighted by molar-refractivity contribution is 0.0231. The Kier molecular flexibility index (Phi) is 6.86. The Morgan fingerprint density at radius 3 is 2.71 bits per heavy atom. The minimum Gasteiger partial charge on any atom is -0.379 e. The summed E-state index contributed by atoms with van der Waals surface area (Å²) in [5, 5.41) is 0. The van der Waals surface area contributed by atoms with Crippen LogP contribution >= 0.6 is 0 Å². The molecule has 0 bridgehead atoms. The quantitative estimate of drug-likeness (QED) is 0.714. The Morgan fingerprint density at radius 2 is 2.18 bits per heavy atom. The van der Waals surface area contributed by atoms with E-state index >= 15 is 0 Å². The normalized spacial score (nSPS) is 20.7. The standard InChI is InChI=1S/C14H24N2O/c1-3-5-6-13(4-2)14(7-8-15)16-9-11-17-12-10-16/h3-6,14H,2,7-12,15H2,1H3. The van der Waals surface area contributed by atoms with Gasteiger partial charge in [-0.25, -0.2) is 0 Å². The van der Waals surface area contributed by atoms with E-state index in [-0.39, 0.29) is 0 Å². The van der Waals surface area contributed by atoms with E-state index in [1.807, 2.05) is 19.1 Å². The predicted octanol–water partition coefficient (Wildman–Crippen LogP) is 1.72. The van der Waals surface area contributed by atoms with Gasteiger partial charge in [0.05, 0.1) is 13.2 Å². The molecule has 0 saturated carbocycles. The van der Waals surface area contributed by atoms with Gasteiger partial charge in [0, 0.05) is 19.1 Å². The summed E-state index contributed by atoms with van der Waals surface area (Å²) < 4.78 is 5.39.